The number of nitrogens with one attached hydrogen (secondary N) is 2. The van der Waals surface area contributed by atoms with Gasteiger partial charge in [0.2, 0.25) is 5.95 Å². The number of ether oxygens (including phenoxy) is 1. The molecule has 1 aliphatic rings. The third kappa shape index (κ3) is 3.96. The highest BCUT2D eigenvalue weighted by molar-refractivity contribution is 7.80. The van der Waals surface area contributed by atoms with Crippen LogP contribution in [0, 0.1) is 17.1 Å². The van der Waals surface area contributed by atoms with Gasteiger partial charge in [-0.2, -0.15) is 10.2 Å². The molecule has 0 amide bonds. The summed E-state index contributed by atoms with van der Waals surface area (Å²) in [7, 11) is 0. The molecule has 1 aromatic carbocycles. The lowest BCUT2D eigenvalue weighted by Gasteiger charge is -2.29. The van der Waals surface area contributed by atoms with E-state index in [2.05, 4.69) is 26.9 Å². The summed E-state index contributed by atoms with van der Waals surface area (Å²) in [5.41, 5.74) is 12.0. The van der Waals surface area contributed by atoms with Gasteiger partial charge in [-0.3, -0.25) is 10.9 Å². The van der Waals surface area contributed by atoms with Crippen LogP contribution >= 0.6 is 12.2 Å². The van der Waals surface area contributed by atoms with Gasteiger partial charge >= 0.3 is 0 Å². The molecule has 2 aromatic rings. The molecular weight excluding hydrogens is 357 g/mol. The first-order chi connectivity index (χ1) is 12.6. The molecule has 0 atom stereocenters. The average Bonchev–Trinajstić information content (AvgIpc) is 2.67. The van der Waals surface area contributed by atoms with Gasteiger partial charge in [0, 0.05) is 18.7 Å². The van der Waals surface area contributed by atoms with Crippen LogP contribution in [0.15, 0.2) is 24.3 Å². The van der Waals surface area contributed by atoms with E-state index in [0.717, 1.165) is 0 Å². The monoisotopic (exact) mass is 373 g/mol. The average molecular weight is 373 g/mol. The molecular formula is C16H16FN7OS. The Morgan fingerprint density at radius 3 is 2.58 bits per heavy atom. The maximum absolute atomic E-state index is 13.3. The summed E-state index contributed by atoms with van der Waals surface area (Å²) in [6.07, 6.45) is 0. The predicted octanol–water partition coefficient (Wildman–Crippen LogP) is 1.15. The fourth-order valence-corrected chi connectivity index (χ4v) is 2.60. The van der Waals surface area contributed by atoms with E-state index >= 15 is 0 Å². The van der Waals surface area contributed by atoms with Crippen LogP contribution in [0.2, 0.25) is 0 Å². The summed E-state index contributed by atoms with van der Waals surface area (Å²) in [5.74, 6) is 0.290. The number of rotatable bonds is 4. The van der Waals surface area contributed by atoms with Gasteiger partial charge in [0.1, 0.15) is 17.4 Å². The van der Waals surface area contributed by atoms with Crippen LogP contribution < -0.4 is 21.5 Å². The topological polar surface area (TPSA) is 112 Å². The number of nitrogens with two attached hydrogens (primary N) is 1. The van der Waals surface area contributed by atoms with Crippen molar-refractivity contribution in [1.82, 2.24) is 15.4 Å². The second-order valence-corrected chi connectivity index (χ2v) is 5.87. The van der Waals surface area contributed by atoms with Gasteiger partial charge in [0.15, 0.2) is 10.9 Å². The Balaban J connectivity index is 2.10. The molecule has 0 aliphatic carbocycles. The summed E-state index contributed by atoms with van der Waals surface area (Å²) in [5, 5.41) is 9.74. The Morgan fingerprint density at radius 2 is 1.96 bits per heavy atom. The number of nitrogens with zero attached hydrogens (tertiary/aromatic N) is 4. The molecule has 0 unspecified atom stereocenters. The second-order valence-electron chi connectivity index (χ2n) is 5.43. The van der Waals surface area contributed by atoms with Crippen molar-refractivity contribution < 1.29 is 9.13 Å². The number of halogens is 1. The van der Waals surface area contributed by atoms with E-state index in [1.165, 1.54) is 12.1 Å². The van der Waals surface area contributed by atoms with Crippen molar-refractivity contribution in [3.63, 3.8) is 0 Å². The van der Waals surface area contributed by atoms with E-state index in [1.807, 2.05) is 4.90 Å². The third-order valence-corrected chi connectivity index (χ3v) is 3.83. The fraction of sp³-hybridized carbons (Fsp3) is 0.250. The van der Waals surface area contributed by atoms with Crippen LogP contribution in [0.25, 0.3) is 11.3 Å². The normalized spacial score (nSPS) is 13.8. The van der Waals surface area contributed by atoms with Gasteiger partial charge in [0.05, 0.1) is 18.9 Å². The van der Waals surface area contributed by atoms with Crippen LogP contribution in [-0.4, -0.2) is 41.4 Å². The Bertz CT molecular complexity index is 847. The van der Waals surface area contributed by atoms with E-state index in [-0.39, 0.29) is 16.9 Å². The van der Waals surface area contributed by atoms with E-state index in [4.69, 9.17) is 22.7 Å². The predicted molar refractivity (Wildman–Crippen MR) is 98.7 cm³/mol. The van der Waals surface area contributed by atoms with Gasteiger partial charge in [-0.05, 0) is 36.5 Å². The minimum Gasteiger partial charge on any atom is -0.378 e. The highest BCUT2D eigenvalue weighted by Gasteiger charge is 2.22. The van der Waals surface area contributed by atoms with Gasteiger partial charge in [-0.25, -0.2) is 9.37 Å². The SMILES string of the molecule is N#Cc1c(-c2ccc(F)cc2)nc(NNC(N)=S)nc1N1CCOCC1. The first-order valence-electron chi connectivity index (χ1n) is 7.80. The molecule has 1 fully saturated rings. The molecule has 1 aliphatic heterocycles. The number of hydrazine groups is 1. The van der Waals surface area contributed by atoms with Crippen molar-refractivity contribution in [2.75, 3.05) is 36.6 Å². The molecule has 0 spiro atoms. The zero-order valence-corrected chi connectivity index (χ0v) is 14.5. The molecule has 4 N–H and O–H groups in total. The summed E-state index contributed by atoms with van der Waals surface area (Å²) < 4.78 is 18.6. The maximum Gasteiger partial charge on any atom is 0.244 e. The summed E-state index contributed by atoms with van der Waals surface area (Å²) in [6.45, 7) is 2.26. The first-order valence-corrected chi connectivity index (χ1v) is 8.21. The summed E-state index contributed by atoms with van der Waals surface area (Å²) in [4.78, 5) is 10.7. The van der Waals surface area contributed by atoms with Crippen molar-refractivity contribution in [1.29, 1.82) is 5.26 Å². The van der Waals surface area contributed by atoms with Crippen molar-refractivity contribution in [3.8, 4) is 17.3 Å². The largest absolute Gasteiger partial charge is 0.378 e. The zero-order valence-electron chi connectivity index (χ0n) is 13.7. The van der Waals surface area contributed by atoms with Gasteiger partial charge in [-0.15, -0.1) is 0 Å². The smallest absolute Gasteiger partial charge is 0.244 e. The van der Waals surface area contributed by atoms with Crippen LogP contribution in [0.4, 0.5) is 16.2 Å². The zero-order chi connectivity index (χ0) is 18.5. The van der Waals surface area contributed by atoms with Crippen molar-refractivity contribution in [3.05, 3.63) is 35.6 Å². The fourth-order valence-electron chi connectivity index (χ4n) is 2.55. The molecule has 8 nitrogen and oxygen atoms in total. The minimum absolute atomic E-state index is 0.0224. The molecule has 1 saturated heterocycles. The Labute approximate surface area is 154 Å². The summed E-state index contributed by atoms with van der Waals surface area (Å²) in [6, 6.07) is 7.92. The van der Waals surface area contributed by atoms with E-state index in [9.17, 15) is 9.65 Å². The molecule has 26 heavy (non-hydrogen) atoms. The van der Waals surface area contributed by atoms with E-state index < -0.39 is 0 Å². The van der Waals surface area contributed by atoms with E-state index in [0.29, 0.717) is 48.9 Å². The van der Waals surface area contributed by atoms with Crippen LogP contribution in [0.5, 0.6) is 0 Å². The Hall–Kier alpha value is -3.03. The van der Waals surface area contributed by atoms with Crippen LogP contribution in [0.3, 0.4) is 0 Å². The number of thiocarbonyl (C=S) groups is 1. The van der Waals surface area contributed by atoms with E-state index in [1.54, 1.807) is 12.1 Å². The highest BCUT2D eigenvalue weighted by atomic mass is 32.1. The summed E-state index contributed by atoms with van der Waals surface area (Å²) >= 11 is 4.77. The van der Waals surface area contributed by atoms with Crippen LogP contribution in [-0.2, 0) is 4.74 Å². The molecule has 1 aromatic heterocycles. The maximum atomic E-state index is 13.3. The number of hydrogen-bond donors (Lipinski definition) is 3. The molecule has 0 bridgehead atoms. The van der Waals surface area contributed by atoms with Crippen molar-refractivity contribution in [2.24, 2.45) is 5.73 Å². The molecule has 10 heteroatoms. The number of benzene rings is 1. The lowest BCUT2D eigenvalue weighted by molar-refractivity contribution is 0.122. The molecule has 2 heterocycles. The van der Waals surface area contributed by atoms with Gasteiger partial charge in [-0.1, -0.05) is 0 Å². The van der Waals surface area contributed by atoms with Gasteiger partial charge < -0.3 is 15.4 Å². The van der Waals surface area contributed by atoms with Crippen molar-refractivity contribution in [2.45, 2.75) is 0 Å². The number of morpholine rings is 1. The lowest BCUT2D eigenvalue weighted by atomic mass is 10.1. The molecule has 0 saturated carbocycles. The number of aromatic nitrogens is 2. The Morgan fingerprint density at radius 1 is 1.27 bits per heavy atom. The lowest BCUT2D eigenvalue weighted by Crippen LogP contribution is -2.38. The van der Waals surface area contributed by atoms with Gasteiger partial charge in [0.25, 0.3) is 0 Å². The number of nitriles is 1. The first kappa shape index (κ1) is 17.8. The number of anilines is 2. The van der Waals surface area contributed by atoms with Crippen molar-refractivity contribution >= 4 is 29.1 Å². The Kier molecular flexibility index (Phi) is 5.40. The highest BCUT2D eigenvalue weighted by Crippen LogP contribution is 2.30. The quantitative estimate of drug-likeness (QED) is 0.536. The second kappa shape index (κ2) is 7.90. The molecule has 3 rings (SSSR count). The van der Waals surface area contributed by atoms with Crippen LogP contribution in [0.1, 0.15) is 5.56 Å². The minimum atomic E-state index is -0.372. The molecule has 134 valence electrons. The standard InChI is InChI=1S/C16H16FN7OS/c17-11-3-1-10(2-4-11)13-12(9-18)14(24-5-7-25-8-6-24)21-16(20-13)23-22-15(19)26/h1-4H,5-8H2,(H3,19,22,26)(H,20,21,23). The number of hydrogen-bond acceptors (Lipinski definition) is 7. The third-order valence-electron chi connectivity index (χ3n) is 3.73. The molecule has 0 radical (unpaired) electrons.